The SMILES string of the molecule is C[C@]1(C(=O)O)CC(F)(F)CN1C(=O)OCc1ccccc1. The Hall–Kier alpha value is -2.18. The van der Waals surface area contributed by atoms with E-state index in [-0.39, 0.29) is 6.61 Å². The molecular formula is C14H15F2NO4. The van der Waals surface area contributed by atoms with Crippen LogP contribution in [0.3, 0.4) is 0 Å². The van der Waals surface area contributed by atoms with Crippen LogP contribution in [0.25, 0.3) is 0 Å². The van der Waals surface area contributed by atoms with Crippen molar-refractivity contribution in [3.05, 3.63) is 35.9 Å². The lowest BCUT2D eigenvalue weighted by atomic mass is 9.98. The minimum absolute atomic E-state index is 0.0998. The highest BCUT2D eigenvalue weighted by Crippen LogP contribution is 2.40. The number of hydrogen-bond donors (Lipinski definition) is 1. The lowest BCUT2D eigenvalue weighted by Crippen LogP contribution is -2.50. The first-order valence-corrected chi connectivity index (χ1v) is 6.34. The normalized spacial score (nSPS) is 23.9. The van der Waals surface area contributed by atoms with Gasteiger partial charge < -0.3 is 9.84 Å². The first-order valence-electron chi connectivity index (χ1n) is 6.34. The number of carboxylic acids is 1. The lowest BCUT2D eigenvalue weighted by molar-refractivity contribution is -0.148. The van der Waals surface area contributed by atoms with Crippen LogP contribution in [0.4, 0.5) is 13.6 Å². The number of hydrogen-bond acceptors (Lipinski definition) is 3. The number of alkyl halides is 2. The summed E-state index contributed by atoms with van der Waals surface area (Å²) in [5.74, 6) is -4.71. The second kappa shape index (κ2) is 5.31. The third-order valence-corrected chi connectivity index (χ3v) is 3.47. The molecule has 0 unspecified atom stereocenters. The summed E-state index contributed by atoms with van der Waals surface area (Å²) >= 11 is 0. The highest BCUT2D eigenvalue weighted by Gasteiger charge is 2.59. The molecule has 0 radical (unpaired) electrons. The van der Waals surface area contributed by atoms with Gasteiger partial charge in [0, 0.05) is 6.42 Å². The molecule has 0 spiro atoms. The Morgan fingerprint density at radius 3 is 2.52 bits per heavy atom. The Morgan fingerprint density at radius 2 is 1.95 bits per heavy atom. The van der Waals surface area contributed by atoms with E-state index < -0.39 is 36.5 Å². The summed E-state index contributed by atoms with van der Waals surface area (Å²) in [5.41, 5.74) is -1.27. The van der Waals surface area contributed by atoms with Crippen LogP contribution in [-0.4, -0.2) is 40.1 Å². The minimum atomic E-state index is -3.24. The van der Waals surface area contributed by atoms with Gasteiger partial charge in [-0.2, -0.15) is 0 Å². The largest absolute Gasteiger partial charge is 0.480 e. The molecule has 1 aromatic rings. The number of aliphatic carboxylic acids is 1. The number of carboxylic acid groups (broad SMARTS) is 1. The highest BCUT2D eigenvalue weighted by atomic mass is 19.3. The highest BCUT2D eigenvalue weighted by molar-refractivity contribution is 5.85. The van der Waals surface area contributed by atoms with Crippen molar-refractivity contribution in [3.8, 4) is 0 Å². The van der Waals surface area contributed by atoms with Crippen molar-refractivity contribution in [2.45, 2.75) is 31.4 Å². The van der Waals surface area contributed by atoms with Gasteiger partial charge in [0.1, 0.15) is 12.1 Å². The van der Waals surface area contributed by atoms with E-state index in [0.29, 0.717) is 10.5 Å². The number of nitrogens with zero attached hydrogens (tertiary/aromatic N) is 1. The second-order valence-corrected chi connectivity index (χ2v) is 5.24. The summed E-state index contributed by atoms with van der Waals surface area (Å²) in [6.07, 6.45) is -1.98. The molecule has 0 saturated carbocycles. The molecule has 21 heavy (non-hydrogen) atoms. The van der Waals surface area contributed by atoms with E-state index in [1.165, 1.54) is 0 Å². The van der Waals surface area contributed by atoms with Crippen LogP contribution < -0.4 is 0 Å². The molecule has 1 amide bonds. The van der Waals surface area contributed by atoms with Crippen molar-refractivity contribution in [1.29, 1.82) is 0 Å². The van der Waals surface area contributed by atoms with Crippen LogP contribution in [0.5, 0.6) is 0 Å². The van der Waals surface area contributed by atoms with Crippen LogP contribution >= 0.6 is 0 Å². The molecule has 1 N–H and O–H groups in total. The van der Waals surface area contributed by atoms with Gasteiger partial charge in [0.15, 0.2) is 0 Å². The van der Waals surface area contributed by atoms with Crippen molar-refractivity contribution in [2.24, 2.45) is 0 Å². The van der Waals surface area contributed by atoms with Gasteiger partial charge in [-0.15, -0.1) is 0 Å². The fourth-order valence-electron chi connectivity index (χ4n) is 2.32. The lowest BCUT2D eigenvalue weighted by Gasteiger charge is -2.29. The Bertz CT molecular complexity index is 549. The molecule has 1 aliphatic heterocycles. The predicted molar refractivity (Wildman–Crippen MR) is 68.9 cm³/mol. The molecule has 1 aromatic carbocycles. The Labute approximate surface area is 120 Å². The molecule has 7 heteroatoms. The standard InChI is InChI=1S/C14H15F2NO4/c1-13(11(18)19)8-14(15,16)9-17(13)12(20)21-7-10-5-3-2-4-6-10/h2-6H,7-9H2,1H3,(H,18,19)/t13-/m1/s1. The van der Waals surface area contributed by atoms with E-state index in [1.807, 2.05) is 0 Å². The molecule has 0 aliphatic carbocycles. The van der Waals surface area contributed by atoms with Gasteiger partial charge >= 0.3 is 12.1 Å². The van der Waals surface area contributed by atoms with Crippen LogP contribution in [0.15, 0.2) is 30.3 Å². The Balaban J connectivity index is 2.08. The Morgan fingerprint density at radius 1 is 1.33 bits per heavy atom. The smallest absolute Gasteiger partial charge is 0.411 e. The second-order valence-electron chi connectivity index (χ2n) is 5.24. The van der Waals surface area contributed by atoms with Gasteiger partial charge in [0.25, 0.3) is 5.92 Å². The van der Waals surface area contributed by atoms with Crippen molar-refractivity contribution in [3.63, 3.8) is 0 Å². The third kappa shape index (κ3) is 3.12. The van der Waals surface area contributed by atoms with Crippen molar-refractivity contribution < 1.29 is 28.2 Å². The molecule has 1 saturated heterocycles. The number of carbonyl (C=O) groups excluding carboxylic acids is 1. The van der Waals surface area contributed by atoms with Crippen molar-refractivity contribution >= 4 is 12.1 Å². The van der Waals surface area contributed by atoms with Crippen LogP contribution in [-0.2, 0) is 16.1 Å². The summed E-state index contributed by atoms with van der Waals surface area (Å²) in [6.45, 7) is 0.0425. The number of likely N-dealkylation sites (tertiary alicyclic amines) is 1. The molecular weight excluding hydrogens is 284 g/mol. The molecule has 1 heterocycles. The summed E-state index contributed by atoms with van der Waals surface area (Å²) < 4.78 is 31.9. The number of ether oxygens (including phenoxy) is 1. The van der Waals surface area contributed by atoms with Crippen molar-refractivity contribution in [2.75, 3.05) is 6.54 Å². The topological polar surface area (TPSA) is 66.8 Å². The maximum absolute atomic E-state index is 13.5. The molecule has 5 nitrogen and oxygen atoms in total. The zero-order valence-corrected chi connectivity index (χ0v) is 11.4. The minimum Gasteiger partial charge on any atom is -0.480 e. The number of halogens is 2. The summed E-state index contributed by atoms with van der Waals surface area (Å²) in [6, 6.07) is 8.70. The van der Waals surface area contributed by atoms with Crippen LogP contribution in [0.1, 0.15) is 18.9 Å². The molecule has 1 aliphatic rings. The average Bonchev–Trinajstić information content (AvgIpc) is 2.68. The first-order chi connectivity index (χ1) is 9.74. The van der Waals surface area contributed by atoms with Gasteiger partial charge in [-0.05, 0) is 12.5 Å². The summed E-state index contributed by atoms with van der Waals surface area (Å²) in [5, 5.41) is 9.13. The number of amides is 1. The fraction of sp³-hybridized carbons (Fsp3) is 0.429. The van der Waals surface area contributed by atoms with Crippen LogP contribution in [0.2, 0.25) is 0 Å². The molecule has 0 bridgehead atoms. The Kier molecular flexibility index (Phi) is 3.85. The number of carbonyl (C=O) groups is 2. The molecule has 114 valence electrons. The summed E-state index contributed by atoms with van der Waals surface area (Å²) in [7, 11) is 0. The van der Waals surface area contributed by atoms with Gasteiger partial charge in [0.05, 0.1) is 6.54 Å². The third-order valence-electron chi connectivity index (χ3n) is 3.47. The predicted octanol–water partition coefficient (Wildman–Crippen LogP) is 2.51. The maximum Gasteiger partial charge on any atom is 0.411 e. The van der Waals surface area contributed by atoms with E-state index in [2.05, 4.69) is 0 Å². The number of rotatable bonds is 3. The average molecular weight is 299 g/mol. The first kappa shape index (κ1) is 15.2. The van der Waals surface area contributed by atoms with Crippen molar-refractivity contribution in [1.82, 2.24) is 4.90 Å². The fourth-order valence-corrected chi connectivity index (χ4v) is 2.32. The van der Waals surface area contributed by atoms with E-state index in [0.717, 1.165) is 6.92 Å². The van der Waals surface area contributed by atoms with E-state index >= 15 is 0 Å². The monoisotopic (exact) mass is 299 g/mol. The molecule has 1 fully saturated rings. The van der Waals surface area contributed by atoms with Gasteiger partial charge in [0.2, 0.25) is 0 Å². The molecule has 0 aromatic heterocycles. The zero-order valence-electron chi connectivity index (χ0n) is 11.4. The zero-order chi connectivity index (χ0) is 15.7. The van der Waals surface area contributed by atoms with Crippen LogP contribution in [0, 0.1) is 0 Å². The van der Waals surface area contributed by atoms with E-state index in [1.54, 1.807) is 30.3 Å². The quantitative estimate of drug-likeness (QED) is 0.931. The number of benzene rings is 1. The summed E-state index contributed by atoms with van der Waals surface area (Å²) in [4.78, 5) is 23.7. The van der Waals surface area contributed by atoms with Gasteiger partial charge in [-0.25, -0.2) is 18.4 Å². The maximum atomic E-state index is 13.5. The van der Waals surface area contributed by atoms with E-state index in [9.17, 15) is 18.4 Å². The van der Waals surface area contributed by atoms with Gasteiger partial charge in [-0.3, -0.25) is 4.90 Å². The van der Waals surface area contributed by atoms with Gasteiger partial charge in [-0.1, -0.05) is 30.3 Å². The molecule has 2 rings (SSSR count). The van der Waals surface area contributed by atoms with E-state index in [4.69, 9.17) is 9.84 Å². The molecule has 1 atom stereocenters.